The third-order valence-corrected chi connectivity index (χ3v) is 10.1. The highest BCUT2D eigenvalue weighted by Gasteiger charge is 2.27. The van der Waals surface area contributed by atoms with Crippen molar-refractivity contribution in [2.45, 2.75) is 42.1 Å². The van der Waals surface area contributed by atoms with Crippen LogP contribution < -0.4 is 5.32 Å². The van der Waals surface area contributed by atoms with Crippen molar-refractivity contribution in [3.63, 3.8) is 0 Å². The van der Waals surface area contributed by atoms with Gasteiger partial charge in [0.05, 0.1) is 16.3 Å². The SMILES string of the molecule is O=C(CN(Cc1ccc(F)cc1)S(=O)(=O)c1ccccc1)NCc1ccc(S(=O)(=O)N2CCCCC2)cc1. The van der Waals surface area contributed by atoms with E-state index >= 15 is 0 Å². The van der Waals surface area contributed by atoms with Gasteiger partial charge >= 0.3 is 0 Å². The van der Waals surface area contributed by atoms with E-state index in [4.69, 9.17) is 0 Å². The minimum atomic E-state index is -4.01. The van der Waals surface area contributed by atoms with Gasteiger partial charge in [-0.2, -0.15) is 8.61 Å². The zero-order chi connectivity index (χ0) is 27.2. The van der Waals surface area contributed by atoms with Gasteiger partial charge in [0, 0.05) is 26.2 Å². The van der Waals surface area contributed by atoms with E-state index in [1.165, 1.54) is 52.8 Å². The maximum absolute atomic E-state index is 13.3. The van der Waals surface area contributed by atoms with Crippen LogP contribution in [0.1, 0.15) is 30.4 Å². The second-order valence-electron chi connectivity index (χ2n) is 9.10. The third kappa shape index (κ3) is 6.84. The molecule has 38 heavy (non-hydrogen) atoms. The summed E-state index contributed by atoms with van der Waals surface area (Å²) in [4.78, 5) is 13.0. The Kier molecular flexibility index (Phi) is 8.93. The minimum Gasteiger partial charge on any atom is -0.351 e. The predicted molar refractivity (Wildman–Crippen MR) is 141 cm³/mol. The summed E-state index contributed by atoms with van der Waals surface area (Å²) in [6.07, 6.45) is 2.72. The monoisotopic (exact) mass is 559 g/mol. The number of hydrogen-bond acceptors (Lipinski definition) is 5. The van der Waals surface area contributed by atoms with Gasteiger partial charge in [0.15, 0.2) is 0 Å². The average molecular weight is 560 g/mol. The van der Waals surface area contributed by atoms with Crippen LogP contribution in [0.2, 0.25) is 0 Å². The maximum atomic E-state index is 13.3. The van der Waals surface area contributed by atoms with Gasteiger partial charge in [-0.25, -0.2) is 21.2 Å². The van der Waals surface area contributed by atoms with Gasteiger partial charge in [0.25, 0.3) is 0 Å². The van der Waals surface area contributed by atoms with E-state index in [1.807, 2.05) is 0 Å². The van der Waals surface area contributed by atoms with Crippen LogP contribution in [0.5, 0.6) is 0 Å². The molecule has 3 aromatic carbocycles. The second-order valence-corrected chi connectivity index (χ2v) is 13.0. The second kappa shape index (κ2) is 12.2. The van der Waals surface area contributed by atoms with Crippen molar-refractivity contribution >= 4 is 26.0 Å². The molecule has 1 aliphatic rings. The van der Waals surface area contributed by atoms with Crippen LogP contribution in [-0.4, -0.2) is 51.0 Å². The number of piperidine rings is 1. The van der Waals surface area contributed by atoms with Gasteiger partial charge in [-0.15, -0.1) is 0 Å². The lowest BCUT2D eigenvalue weighted by Crippen LogP contribution is -2.40. The van der Waals surface area contributed by atoms with Crippen molar-refractivity contribution in [1.29, 1.82) is 0 Å². The Bertz CT molecular complexity index is 1440. The quantitative estimate of drug-likeness (QED) is 0.410. The van der Waals surface area contributed by atoms with Crippen LogP contribution in [0.15, 0.2) is 88.7 Å². The largest absolute Gasteiger partial charge is 0.351 e. The lowest BCUT2D eigenvalue weighted by molar-refractivity contribution is -0.121. The molecule has 0 bridgehead atoms. The molecule has 0 atom stereocenters. The molecule has 1 fully saturated rings. The Hall–Kier alpha value is -3.12. The molecule has 1 heterocycles. The highest BCUT2D eigenvalue weighted by Crippen LogP contribution is 2.21. The number of rotatable bonds is 10. The first-order chi connectivity index (χ1) is 18.2. The summed E-state index contributed by atoms with van der Waals surface area (Å²) < 4.78 is 68.1. The Labute approximate surface area is 223 Å². The fraction of sp³-hybridized carbons (Fsp3) is 0.296. The summed E-state index contributed by atoms with van der Waals surface area (Å²) in [5, 5.41) is 2.70. The topological polar surface area (TPSA) is 104 Å². The molecule has 1 amide bonds. The number of hydrogen-bond donors (Lipinski definition) is 1. The number of halogens is 1. The number of nitrogens with zero attached hydrogens (tertiary/aromatic N) is 2. The summed E-state index contributed by atoms with van der Waals surface area (Å²) in [6.45, 7) is 0.559. The lowest BCUT2D eigenvalue weighted by atomic mass is 10.2. The fourth-order valence-corrected chi connectivity index (χ4v) is 7.13. The molecule has 0 unspecified atom stereocenters. The van der Waals surface area contributed by atoms with Crippen molar-refractivity contribution in [1.82, 2.24) is 13.9 Å². The number of carbonyl (C=O) groups excluding carboxylic acids is 1. The van der Waals surface area contributed by atoms with Gasteiger partial charge in [-0.3, -0.25) is 4.79 Å². The van der Waals surface area contributed by atoms with Crippen LogP contribution in [0, 0.1) is 5.82 Å². The molecule has 0 aliphatic carbocycles. The maximum Gasteiger partial charge on any atom is 0.243 e. The third-order valence-electron chi connectivity index (χ3n) is 6.34. The fourth-order valence-electron chi connectivity index (χ4n) is 4.21. The van der Waals surface area contributed by atoms with Gasteiger partial charge in [-0.05, 0) is 60.4 Å². The molecule has 1 aliphatic heterocycles. The normalized spacial score (nSPS) is 14.9. The molecule has 202 valence electrons. The van der Waals surface area contributed by atoms with E-state index in [0.29, 0.717) is 24.2 Å². The molecular formula is C27H30FN3O5S2. The zero-order valence-corrected chi connectivity index (χ0v) is 22.4. The average Bonchev–Trinajstić information content (AvgIpc) is 2.94. The van der Waals surface area contributed by atoms with E-state index < -0.39 is 38.3 Å². The molecule has 3 aromatic rings. The van der Waals surface area contributed by atoms with Crippen LogP contribution >= 0.6 is 0 Å². The van der Waals surface area contributed by atoms with Gasteiger partial charge in [0.1, 0.15) is 5.82 Å². The summed E-state index contributed by atoms with van der Waals surface area (Å²) in [7, 11) is -7.56. The van der Waals surface area contributed by atoms with E-state index in [1.54, 1.807) is 30.3 Å². The van der Waals surface area contributed by atoms with E-state index in [2.05, 4.69) is 5.32 Å². The van der Waals surface area contributed by atoms with Gasteiger partial charge < -0.3 is 5.32 Å². The van der Waals surface area contributed by atoms with E-state index in [0.717, 1.165) is 23.6 Å². The first-order valence-electron chi connectivity index (χ1n) is 12.3. The Morgan fingerprint density at radius 3 is 2.03 bits per heavy atom. The Morgan fingerprint density at radius 2 is 1.39 bits per heavy atom. The standard InChI is InChI=1S/C27H30FN3O5S2/c28-24-13-9-23(10-14-24)20-31(38(35,36)25-7-3-1-4-8-25)21-27(32)29-19-22-11-15-26(16-12-22)37(33,34)30-17-5-2-6-18-30/h1,3-4,7-16H,2,5-6,17-21H2,(H,29,32). The molecule has 8 nitrogen and oxygen atoms in total. The van der Waals surface area contributed by atoms with Crippen molar-refractivity contribution in [3.8, 4) is 0 Å². The number of sulfonamides is 2. The number of benzene rings is 3. The van der Waals surface area contributed by atoms with Gasteiger partial charge in [-0.1, -0.05) is 48.9 Å². The molecule has 0 saturated carbocycles. The van der Waals surface area contributed by atoms with E-state index in [-0.39, 0.29) is 22.9 Å². The molecule has 0 spiro atoms. The molecule has 1 saturated heterocycles. The van der Waals surface area contributed by atoms with Crippen LogP contribution in [0.3, 0.4) is 0 Å². The van der Waals surface area contributed by atoms with Crippen molar-refractivity contribution in [2.24, 2.45) is 0 Å². The molecule has 0 aromatic heterocycles. The zero-order valence-electron chi connectivity index (χ0n) is 20.8. The predicted octanol–water partition coefficient (Wildman–Crippen LogP) is 3.51. The van der Waals surface area contributed by atoms with Crippen LogP contribution in [0.25, 0.3) is 0 Å². The summed E-state index contributed by atoms with van der Waals surface area (Å²) in [6, 6.07) is 19.5. The van der Waals surface area contributed by atoms with Crippen molar-refractivity contribution in [3.05, 3.63) is 95.8 Å². The van der Waals surface area contributed by atoms with Gasteiger partial charge in [0.2, 0.25) is 26.0 Å². The molecular weight excluding hydrogens is 529 g/mol. The van der Waals surface area contributed by atoms with Crippen LogP contribution in [-0.2, 0) is 37.9 Å². The summed E-state index contributed by atoms with van der Waals surface area (Å²) >= 11 is 0. The number of amides is 1. The summed E-state index contributed by atoms with van der Waals surface area (Å²) in [5.74, 6) is -0.977. The molecule has 4 rings (SSSR count). The highest BCUT2D eigenvalue weighted by molar-refractivity contribution is 7.89. The molecule has 0 radical (unpaired) electrons. The lowest BCUT2D eigenvalue weighted by Gasteiger charge is -2.25. The molecule has 11 heteroatoms. The molecule has 1 N–H and O–H groups in total. The highest BCUT2D eigenvalue weighted by atomic mass is 32.2. The summed E-state index contributed by atoms with van der Waals surface area (Å²) in [5.41, 5.74) is 1.20. The van der Waals surface area contributed by atoms with Crippen molar-refractivity contribution < 1.29 is 26.0 Å². The first kappa shape index (κ1) is 27.9. The number of carbonyl (C=O) groups is 1. The first-order valence-corrected chi connectivity index (χ1v) is 15.2. The number of nitrogens with one attached hydrogen (secondary N) is 1. The smallest absolute Gasteiger partial charge is 0.243 e. The van der Waals surface area contributed by atoms with E-state index in [9.17, 15) is 26.0 Å². The van der Waals surface area contributed by atoms with Crippen molar-refractivity contribution in [2.75, 3.05) is 19.6 Å². The van der Waals surface area contributed by atoms with Crippen LogP contribution in [0.4, 0.5) is 4.39 Å². The Balaban J connectivity index is 1.43. The minimum absolute atomic E-state index is 0.0421. The Morgan fingerprint density at radius 1 is 0.789 bits per heavy atom.